The highest BCUT2D eigenvalue weighted by atomic mass is 16.5. The molecule has 2 nitrogen and oxygen atoms in total. The van der Waals surface area contributed by atoms with E-state index in [-0.39, 0.29) is 11.6 Å². The van der Waals surface area contributed by atoms with Gasteiger partial charge < -0.3 is 10.1 Å². The summed E-state index contributed by atoms with van der Waals surface area (Å²) in [6.45, 7) is 12.4. The van der Waals surface area contributed by atoms with E-state index in [1.807, 2.05) is 0 Å². The largest absolute Gasteiger partial charge is 0.374 e. The second kappa shape index (κ2) is 6.91. The minimum Gasteiger partial charge on any atom is -0.374 e. The Morgan fingerprint density at radius 3 is 2.28 bits per heavy atom. The maximum Gasteiger partial charge on any atom is 0.0723 e. The zero-order valence-corrected chi connectivity index (χ0v) is 12.4. The highest BCUT2D eigenvalue weighted by molar-refractivity contribution is 5.26. The van der Waals surface area contributed by atoms with E-state index < -0.39 is 0 Å². The van der Waals surface area contributed by atoms with Gasteiger partial charge in [0, 0.05) is 5.54 Å². The van der Waals surface area contributed by atoms with Crippen LogP contribution in [0.1, 0.15) is 45.7 Å². The van der Waals surface area contributed by atoms with Crippen LogP contribution >= 0.6 is 0 Å². The van der Waals surface area contributed by atoms with Crippen molar-refractivity contribution in [1.82, 2.24) is 5.32 Å². The molecule has 0 heterocycles. The number of benzene rings is 1. The molecule has 0 unspecified atom stereocenters. The van der Waals surface area contributed by atoms with Gasteiger partial charge in [-0.1, -0.05) is 24.3 Å². The predicted molar refractivity (Wildman–Crippen MR) is 77.8 cm³/mol. The third-order valence-electron chi connectivity index (χ3n) is 2.74. The van der Waals surface area contributed by atoms with Gasteiger partial charge >= 0.3 is 0 Å². The molecular weight excluding hydrogens is 222 g/mol. The Morgan fingerprint density at radius 1 is 1.11 bits per heavy atom. The summed E-state index contributed by atoms with van der Waals surface area (Å²) >= 11 is 0. The summed E-state index contributed by atoms with van der Waals surface area (Å²) in [7, 11) is 0. The number of rotatable bonds is 6. The van der Waals surface area contributed by atoms with Crippen LogP contribution in [0.3, 0.4) is 0 Å². The van der Waals surface area contributed by atoms with Gasteiger partial charge in [0.15, 0.2) is 0 Å². The van der Waals surface area contributed by atoms with E-state index in [9.17, 15) is 0 Å². The highest BCUT2D eigenvalue weighted by Gasteiger charge is 2.09. The van der Waals surface area contributed by atoms with E-state index in [2.05, 4.69) is 64.2 Å². The zero-order valence-electron chi connectivity index (χ0n) is 12.4. The Balaban J connectivity index is 2.53. The molecule has 1 rings (SSSR count). The Bertz CT molecular complexity index is 352. The lowest BCUT2D eigenvalue weighted by molar-refractivity contribution is 0.0653. The van der Waals surface area contributed by atoms with Crippen molar-refractivity contribution in [3.05, 3.63) is 35.4 Å². The van der Waals surface area contributed by atoms with Crippen LogP contribution < -0.4 is 5.32 Å². The van der Waals surface area contributed by atoms with Crippen molar-refractivity contribution in [2.75, 3.05) is 6.54 Å². The minimum absolute atomic E-state index is 0.184. The first-order valence-corrected chi connectivity index (χ1v) is 6.82. The molecule has 18 heavy (non-hydrogen) atoms. The first-order valence-electron chi connectivity index (χ1n) is 6.82. The molecule has 0 aliphatic heterocycles. The van der Waals surface area contributed by atoms with Crippen LogP contribution in [-0.2, 0) is 17.8 Å². The van der Waals surface area contributed by atoms with Gasteiger partial charge in [-0.05, 0) is 58.7 Å². The van der Waals surface area contributed by atoms with E-state index in [0.717, 1.165) is 13.0 Å². The molecule has 1 aromatic rings. The summed E-state index contributed by atoms with van der Waals surface area (Å²) in [6, 6.07) is 8.54. The monoisotopic (exact) mass is 249 g/mol. The lowest BCUT2D eigenvalue weighted by Gasteiger charge is -2.21. The standard InChI is InChI=1S/C16H27NO/c1-13(2)18-12-15-9-7-6-8-14(15)10-11-17-16(3,4)5/h6-9,13,17H,10-12H2,1-5H3. The lowest BCUT2D eigenvalue weighted by atomic mass is 10.0. The SMILES string of the molecule is CC(C)OCc1ccccc1CCNC(C)(C)C. The van der Waals surface area contributed by atoms with E-state index >= 15 is 0 Å². The fourth-order valence-corrected chi connectivity index (χ4v) is 1.77. The van der Waals surface area contributed by atoms with Gasteiger partial charge in [0.1, 0.15) is 0 Å². The fraction of sp³-hybridized carbons (Fsp3) is 0.625. The average Bonchev–Trinajstić information content (AvgIpc) is 2.26. The lowest BCUT2D eigenvalue weighted by Crippen LogP contribution is -2.37. The molecule has 0 aromatic heterocycles. The van der Waals surface area contributed by atoms with Crippen LogP contribution in [0.5, 0.6) is 0 Å². The molecule has 0 saturated heterocycles. The summed E-state index contributed by atoms with van der Waals surface area (Å²) in [5, 5.41) is 3.52. The molecule has 0 aliphatic rings. The third-order valence-corrected chi connectivity index (χ3v) is 2.74. The summed E-state index contributed by atoms with van der Waals surface area (Å²) in [4.78, 5) is 0. The van der Waals surface area contributed by atoms with Crippen molar-refractivity contribution in [2.24, 2.45) is 0 Å². The van der Waals surface area contributed by atoms with E-state index in [0.29, 0.717) is 6.61 Å². The Labute approximate surface area is 112 Å². The quantitative estimate of drug-likeness (QED) is 0.832. The summed E-state index contributed by atoms with van der Waals surface area (Å²) in [6.07, 6.45) is 1.33. The van der Waals surface area contributed by atoms with E-state index in [1.54, 1.807) is 0 Å². The molecular formula is C16H27NO. The highest BCUT2D eigenvalue weighted by Crippen LogP contribution is 2.12. The molecule has 1 aromatic carbocycles. The molecule has 0 saturated carbocycles. The molecule has 0 amide bonds. The minimum atomic E-state index is 0.184. The van der Waals surface area contributed by atoms with Gasteiger partial charge in [-0.25, -0.2) is 0 Å². The zero-order chi connectivity index (χ0) is 13.6. The Morgan fingerprint density at radius 2 is 1.72 bits per heavy atom. The van der Waals surface area contributed by atoms with Gasteiger partial charge in [-0.15, -0.1) is 0 Å². The van der Waals surface area contributed by atoms with E-state index in [1.165, 1.54) is 11.1 Å². The maximum absolute atomic E-state index is 5.70. The molecule has 0 aliphatic carbocycles. The normalized spacial score (nSPS) is 12.1. The first kappa shape index (κ1) is 15.2. The summed E-state index contributed by atoms with van der Waals surface area (Å²) in [5.41, 5.74) is 2.88. The molecule has 2 heteroatoms. The van der Waals surface area contributed by atoms with Crippen LogP contribution in [0.4, 0.5) is 0 Å². The van der Waals surface area contributed by atoms with Gasteiger partial charge in [-0.2, -0.15) is 0 Å². The van der Waals surface area contributed by atoms with Crippen LogP contribution in [0.2, 0.25) is 0 Å². The molecule has 0 spiro atoms. The van der Waals surface area contributed by atoms with Crippen molar-refractivity contribution in [3.63, 3.8) is 0 Å². The summed E-state index contributed by atoms with van der Waals surface area (Å²) < 4.78 is 5.70. The van der Waals surface area contributed by atoms with Gasteiger partial charge in [0.2, 0.25) is 0 Å². The maximum atomic E-state index is 5.70. The Kier molecular flexibility index (Phi) is 5.83. The van der Waals surface area contributed by atoms with Crippen LogP contribution in [-0.4, -0.2) is 18.2 Å². The van der Waals surface area contributed by atoms with Crippen LogP contribution in [0.15, 0.2) is 24.3 Å². The summed E-state index contributed by atoms with van der Waals surface area (Å²) in [5.74, 6) is 0. The van der Waals surface area contributed by atoms with Crippen molar-refractivity contribution >= 4 is 0 Å². The van der Waals surface area contributed by atoms with Crippen molar-refractivity contribution < 1.29 is 4.74 Å². The van der Waals surface area contributed by atoms with Crippen LogP contribution in [0.25, 0.3) is 0 Å². The third kappa shape index (κ3) is 6.18. The van der Waals surface area contributed by atoms with Gasteiger partial charge in [0.25, 0.3) is 0 Å². The Hall–Kier alpha value is -0.860. The number of ether oxygens (including phenoxy) is 1. The van der Waals surface area contributed by atoms with Crippen molar-refractivity contribution in [2.45, 2.75) is 59.3 Å². The fourth-order valence-electron chi connectivity index (χ4n) is 1.77. The molecule has 0 atom stereocenters. The second-order valence-corrected chi connectivity index (χ2v) is 6.06. The van der Waals surface area contributed by atoms with Gasteiger partial charge in [0.05, 0.1) is 12.7 Å². The molecule has 1 N–H and O–H groups in total. The predicted octanol–water partition coefficient (Wildman–Crippen LogP) is 3.54. The number of nitrogens with one attached hydrogen (secondary N) is 1. The molecule has 0 radical (unpaired) electrons. The van der Waals surface area contributed by atoms with Crippen molar-refractivity contribution in [1.29, 1.82) is 0 Å². The van der Waals surface area contributed by atoms with Crippen molar-refractivity contribution in [3.8, 4) is 0 Å². The number of hydrogen-bond acceptors (Lipinski definition) is 2. The average molecular weight is 249 g/mol. The molecule has 102 valence electrons. The van der Waals surface area contributed by atoms with Crippen LogP contribution in [0, 0.1) is 0 Å². The number of hydrogen-bond donors (Lipinski definition) is 1. The second-order valence-electron chi connectivity index (χ2n) is 6.06. The van der Waals surface area contributed by atoms with E-state index in [4.69, 9.17) is 4.74 Å². The topological polar surface area (TPSA) is 21.3 Å². The molecule has 0 bridgehead atoms. The molecule has 0 fully saturated rings. The first-order chi connectivity index (χ1) is 8.38. The van der Waals surface area contributed by atoms with Gasteiger partial charge in [-0.3, -0.25) is 0 Å². The smallest absolute Gasteiger partial charge is 0.0723 e.